The van der Waals surface area contributed by atoms with Crippen LogP contribution in [0.2, 0.25) is 0 Å². The van der Waals surface area contributed by atoms with Crippen molar-refractivity contribution in [3.8, 4) is 28.6 Å². The molecule has 3 N–H and O–H groups in total. The van der Waals surface area contributed by atoms with E-state index in [-0.39, 0.29) is 16.7 Å². The molecule has 1 heterocycles. The van der Waals surface area contributed by atoms with Crippen LogP contribution in [0, 0.1) is 0 Å². The maximum absolute atomic E-state index is 12.3. The summed E-state index contributed by atoms with van der Waals surface area (Å²) in [5.74, 6) is -0.715. The molecule has 0 aliphatic carbocycles. The largest absolute Gasteiger partial charge is 0.504 e. The normalized spacial score (nSPS) is 10.9. The van der Waals surface area contributed by atoms with Crippen LogP contribution in [0.25, 0.3) is 22.3 Å². The standard InChI is InChI=1S/C18H17NO5/c1-2-8-19-24-15-10-14-16(18(22)17(15)21)12(20)9-13(23-14)11-6-4-3-5-7-11/h3-7,9-10,19,21-22H,2,8H2,1H3. The van der Waals surface area contributed by atoms with E-state index in [1.54, 1.807) is 0 Å². The number of rotatable bonds is 5. The van der Waals surface area contributed by atoms with Gasteiger partial charge >= 0.3 is 0 Å². The quantitative estimate of drug-likeness (QED) is 0.379. The van der Waals surface area contributed by atoms with E-state index >= 15 is 0 Å². The Kier molecular flexibility index (Phi) is 4.39. The minimum atomic E-state index is -0.561. The molecule has 24 heavy (non-hydrogen) atoms. The summed E-state index contributed by atoms with van der Waals surface area (Å²) in [4.78, 5) is 17.6. The molecule has 2 aromatic carbocycles. The number of aromatic hydroxyl groups is 2. The van der Waals surface area contributed by atoms with Gasteiger partial charge in [-0.3, -0.25) is 4.79 Å². The van der Waals surface area contributed by atoms with Crippen LogP contribution in [-0.4, -0.2) is 16.8 Å². The Hall–Kier alpha value is -2.99. The van der Waals surface area contributed by atoms with E-state index in [1.165, 1.54) is 12.1 Å². The Morgan fingerprint density at radius 3 is 2.58 bits per heavy atom. The number of hydroxylamine groups is 1. The molecule has 0 amide bonds. The number of phenols is 2. The van der Waals surface area contributed by atoms with Gasteiger partial charge in [0, 0.05) is 24.2 Å². The Morgan fingerprint density at radius 2 is 1.88 bits per heavy atom. The van der Waals surface area contributed by atoms with Gasteiger partial charge in [0.15, 0.2) is 16.9 Å². The fraction of sp³-hybridized carbons (Fsp3) is 0.167. The van der Waals surface area contributed by atoms with E-state index in [9.17, 15) is 15.0 Å². The fourth-order valence-corrected chi connectivity index (χ4v) is 2.32. The molecule has 0 saturated carbocycles. The first-order valence-electron chi connectivity index (χ1n) is 7.59. The van der Waals surface area contributed by atoms with Gasteiger partial charge in [0.1, 0.15) is 16.7 Å². The Morgan fingerprint density at radius 1 is 1.12 bits per heavy atom. The molecule has 0 aliphatic rings. The van der Waals surface area contributed by atoms with Crippen LogP contribution >= 0.6 is 0 Å². The lowest BCUT2D eigenvalue weighted by molar-refractivity contribution is 0.187. The lowest BCUT2D eigenvalue weighted by Crippen LogP contribution is -2.19. The van der Waals surface area contributed by atoms with Gasteiger partial charge < -0.3 is 19.5 Å². The molecule has 124 valence electrons. The molecule has 0 aliphatic heterocycles. The highest BCUT2D eigenvalue weighted by Gasteiger charge is 2.18. The van der Waals surface area contributed by atoms with Gasteiger partial charge in [-0.15, -0.1) is 0 Å². The van der Waals surface area contributed by atoms with Gasteiger partial charge in [-0.1, -0.05) is 37.3 Å². The van der Waals surface area contributed by atoms with Crippen molar-refractivity contribution in [3.63, 3.8) is 0 Å². The molecule has 0 spiro atoms. The Bertz CT molecular complexity index is 918. The SMILES string of the molecule is CCCNOc1cc2oc(-c3ccccc3)cc(=O)c2c(O)c1O. The average molecular weight is 327 g/mol. The van der Waals surface area contributed by atoms with Gasteiger partial charge in [-0.25, -0.2) is 0 Å². The maximum atomic E-state index is 12.3. The minimum absolute atomic E-state index is 0.0122. The molecular weight excluding hydrogens is 310 g/mol. The molecule has 0 saturated heterocycles. The first-order valence-corrected chi connectivity index (χ1v) is 7.59. The average Bonchev–Trinajstić information content (AvgIpc) is 2.59. The second-order valence-electron chi connectivity index (χ2n) is 5.28. The van der Waals surface area contributed by atoms with Crippen molar-refractivity contribution in [2.75, 3.05) is 6.54 Å². The van der Waals surface area contributed by atoms with Crippen LogP contribution < -0.4 is 15.7 Å². The minimum Gasteiger partial charge on any atom is -0.504 e. The van der Waals surface area contributed by atoms with Gasteiger partial charge in [0.2, 0.25) is 5.75 Å². The van der Waals surface area contributed by atoms with E-state index in [2.05, 4.69) is 5.48 Å². The molecule has 0 atom stereocenters. The van der Waals surface area contributed by atoms with Crippen molar-refractivity contribution in [2.45, 2.75) is 13.3 Å². The Balaban J connectivity index is 2.15. The molecule has 3 aromatic rings. The smallest absolute Gasteiger partial charge is 0.204 e. The maximum Gasteiger partial charge on any atom is 0.204 e. The van der Waals surface area contributed by atoms with E-state index < -0.39 is 16.9 Å². The van der Waals surface area contributed by atoms with Crippen LogP contribution in [0.1, 0.15) is 13.3 Å². The third-order valence-corrected chi connectivity index (χ3v) is 3.52. The van der Waals surface area contributed by atoms with Crippen LogP contribution in [-0.2, 0) is 0 Å². The van der Waals surface area contributed by atoms with Crippen LogP contribution in [0.15, 0.2) is 51.7 Å². The zero-order valence-corrected chi connectivity index (χ0v) is 13.1. The predicted molar refractivity (Wildman–Crippen MR) is 90.2 cm³/mol. The highest BCUT2D eigenvalue weighted by atomic mass is 16.6. The highest BCUT2D eigenvalue weighted by Crippen LogP contribution is 2.41. The molecular formula is C18H17NO5. The summed E-state index contributed by atoms with van der Waals surface area (Å²) in [7, 11) is 0. The van der Waals surface area contributed by atoms with Gasteiger partial charge in [-0.2, -0.15) is 5.48 Å². The number of benzene rings is 2. The number of phenolic OH excluding ortho intramolecular Hbond substituents is 2. The van der Waals surface area contributed by atoms with Crippen LogP contribution in [0.3, 0.4) is 0 Å². The van der Waals surface area contributed by atoms with Crippen LogP contribution in [0.5, 0.6) is 17.2 Å². The highest BCUT2D eigenvalue weighted by molar-refractivity contribution is 5.89. The Labute approximate surface area is 137 Å². The molecule has 6 heteroatoms. The molecule has 1 aromatic heterocycles. The first kappa shape index (κ1) is 15.9. The van der Waals surface area contributed by atoms with Crippen molar-refractivity contribution in [3.05, 3.63) is 52.7 Å². The molecule has 0 fully saturated rings. The summed E-state index contributed by atoms with van der Waals surface area (Å²) in [6, 6.07) is 11.8. The summed E-state index contributed by atoms with van der Waals surface area (Å²) in [6.07, 6.45) is 0.827. The lowest BCUT2D eigenvalue weighted by atomic mass is 10.1. The fourth-order valence-electron chi connectivity index (χ4n) is 2.32. The summed E-state index contributed by atoms with van der Waals surface area (Å²) in [6.45, 7) is 2.52. The van der Waals surface area contributed by atoms with Gasteiger partial charge in [0.05, 0.1) is 0 Å². The number of fused-ring (bicyclic) bond motifs is 1. The molecule has 3 rings (SSSR count). The zero-order valence-electron chi connectivity index (χ0n) is 13.1. The third-order valence-electron chi connectivity index (χ3n) is 3.52. The van der Waals surface area contributed by atoms with Crippen molar-refractivity contribution in [2.24, 2.45) is 0 Å². The number of hydrogen-bond acceptors (Lipinski definition) is 6. The molecule has 0 radical (unpaired) electrons. The van der Waals surface area contributed by atoms with Gasteiger partial charge in [0.25, 0.3) is 0 Å². The predicted octanol–water partition coefficient (Wildman–Crippen LogP) is 3.16. The summed E-state index contributed by atoms with van der Waals surface area (Å²) in [5, 5.41) is 20.0. The summed E-state index contributed by atoms with van der Waals surface area (Å²) in [5.41, 5.74) is 3.07. The molecule has 0 bridgehead atoms. The van der Waals surface area contributed by atoms with Crippen molar-refractivity contribution in [1.29, 1.82) is 0 Å². The monoisotopic (exact) mass is 327 g/mol. The lowest BCUT2D eigenvalue weighted by Gasteiger charge is -2.11. The second kappa shape index (κ2) is 6.64. The second-order valence-corrected chi connectivity index (χ2v) is 5.28. The molecule has 0 unspecified atom stereocenters. The first-order chi connectivity index (χ1) is 11.6. The molecule has 6 nitrogen and oxygen atoms in total. The van der Waals surface area contributed by atoms with Crippen molar-refractivity contribution >= 4 is 11.0 Å². The zero-order chi connectivity index (χ0) is 17.1. The summed E-state index contributed by atoms with van der Waals surface area (Å²) < 4.78 is 5.73. The van der Waals surface area contributed by atoms with Crippen molar-refractivity contribution < 1.29 is 19.5 Å². The topological polar surface area (TPSA) is 91.9 Å². The van der Waals surface area contributed by atoms with E-state index in [0.29, 0.717) is 12.3 Å². The number of nitrogens with one attached hydrogen (secondary N) is 1. The van der Waals surface area contributed by atoms with E-state index in [0.717, 1.165) is 12.0 Å². The third kappa shape index (κ3) is 2.91. The van der Waals surface area contributed by atoms with Gasteiger partial charge in [-0.05, 0) is 6.42 Å². The van der Waals surface area contributed by atoms with E-state index in [4.69, 9.17) is 9.25 Å². The van der Waals surface area contributed by atoms with Crippen LogP contribution in [0.4, 0.5) is 0 Å². The van der Waals surface area contributed by atoms with Crippen molar-refractivity contribution in [1.82, 2.24) is 5.48 Å². The summed E-state index contributed by atoms with van der Waals surface area (Å²) >= 11 is 0. The van der Waals surface area contributed by atoms with E-state index in [1.807, 2.05) is 37.3 Å². The number of hydrogen-bond donors (Lipinski definition) is 3.